The predicted molar refractivity (Wildman–Crippen MR) is 157 cm³/mol. The molecule has 0 saturated carbocycles. The van der Waals surface area contributed by atoms with Gasteiger partial charge in [-0.05, 0) is 48.2 Å². The summed E-state index contributed by atoms with van der Waals surface area (Å²) in [6.07, 6.45) is 1.65. The predicted octanol–water partition coefficient (Wildman–Crippen LogP) is 5.53. The van der Waals surface area contributed by atoms with Crippen molar-refractivity contribution in [3.8, 4) is 5.75 Å². The summed E-state index contributed by atoms with van der Waals surface area (Å²) in [5.41, 5.74) is 3.68. The van der Waals surface area contributed by atoms with E-state index in [0.29, 0.717) is 32.1 Å². The summed E-state index contributed by atoms with van der Waals surface area (Å²) in [5.74, 6) is -0.127. The van der Waals surface area contributed by atoms with Crippen molar-refractivity contribution in [3.05, 3.63) is 125 Å². The van der Waals surface area contributed by atoms with E-state index in [2.05, 4.69) is 29.8 Å². The number of rotatable bonds is 6. The largest absolute Gasteiger partial charge is 0.507 e. The molecule has 1 aliphatic heterocycles. The highest BCUT2D eigenvalue weighted by Gasteiger charge is 2.35. The van der Waals surface area contributed by atoms with Crippen LogP contribution in [0.2, 0.25) is 0 Å². The molecular weight excluding hydrogens is 576 g/mol. The van der Waals surface area contributed by atoms with E-state index in [0.717, 1.165) is 21.2 Å². The van der Waals surface area contributed by atoms with Gasteiger partial charge in [-0.1, -0.05) is 95.7 Å². The molecule has 0 spiro atoms. The summed E-state index contributed by atoms with van der Waals surface area (Å²) in [7, 11) is 0. The number of phenols is 1. The molecule has 0 bridgehead atoms. The number of benzene rings is 3. The average molecular weight is 604 g/mol. The Morgan fingerprint density at radius 2 is 1.85 bits per heavy atom. The van der Waals surface area contributed by atoms with Gasteiger partial charge in [0, 0.05) is 15.6 Å². The summed E-state index contributed by atoms with van der Waals surface area (Å²) in [4.78, 5) is 32.8. The van der Waals surface area contributed by atoms with Crippen LogP contribution >= 0.6 is 27.3 Å². The van der Waals surface area contributed by atoms with Crippen LogP contribution in [0.4, 0.5) is 0 Å². The Morgan fingerprint density at radius 3 is 2.51 bits per heavy atom. The van der Waals surface area contributed by atoms with Crippen molar-refractivity contribution < 1.29 is 14.6 Å². The minimum atomic E-state index is -0.741. The molecule has 8 heteroatoms. The summed E-state index contributed by atoms with van der Waals surface area (Å²) >= 11 is 4.64. The Labute approximate surface area is 238 Å². The second-order valence-corrected chi connectivity index (χ2v) is 11.4. The standard InChI is InChI=1S/C31H27BrN2O4S/c1-4-38-30(37)26-27(20-8-6-5-7-9-20)33-31-34(28(26)21-12-10-19(11-13-21)18(2)3)29(36)25(39-31)17-22-16-23(32)14-15-24(22)35/h5-18,28,35H,4H2,1-3H3/b25-17-/t28-/m1/s1. The number of ether oxygens (including phenoxy) is 1. The van der Waals surface area contributed by atoms with Crippen LogP contribution in [0.25, 0.3) is 11.8 Å². The number of thiazole rings is 1. The molecule has 0 aliphatic carbocycles. The van der Waals surface area contributed by atoms with E-state index in [1.807, 2.05) is 54.6 Å². The maximum atomic E-state index is 14.0. The zero-order valence-electron chi connectivity index (χ0n) is 21.7. The fourth-order valence-corrected chi connectivity index (χ4v) is 5.97. The third kappa shape index (κ3) is 5.27. The highest BCUT2D eigenvalue weighted by Crippen LogP contribution is 2.35. The van der Waals surface area contributed by atoms with Gasteiger partial charge < -0.3 is 9.84 Å². The topological polar surface area (TPSA) is 80.9 Å². The van der Waals surface area contributed by atoms with Gasteiger partial charge in [0.15, 0.2) is 4.80 Å². The summed E-state index contributed by atoms with van der Waals surface area (Å²) in [6, 6.07) is 21.7. The van der Waals surface area contributed by atoms with Crippen molar-refractivity contribution in [2.75, 3.05) is 6.61 Å². The average Bonchev–Trinajstić information content (AvgIpc) is 3.24. The first-order valence-electron chi connectivity index (χ1n) is 12.6. The van der Waals surface area contributed by atoms with Crippen LogP contribution in [0.15, 0.2) is 92.6 Å². The zero-order valence-corrected chi connectivity index (χ0v) is 24.1. The lowest BCUT2D eigenvalue weighted by Crippen LogP contribution is -2.40. The first-order valence-corrected chi connectivity index (χ1v) is 14.3. The maximum absolute atomic E-state index is 14.0. The second kappa shape index (κ2) is 11.2. The van der Waals surface area contributed by atoms with E-state index >= 15 is 0 Å². The maximum Gasteiger partial charge on any atom is 0.338 e. The number of aromatic hydroxyl groups is 1. The van der Waals surface area contributed by atoms with E-state index in [-0.39, 0.29) is 17.9 Å². The zero-order chi connectivity index (χ0) is 27.7. The third-order valence-corrected chi connectivity index (χ3v) is 8.04. The number of nitrogens with zero attached hydrogens (tertiary/aromatic N) is 2. The molecule has 0 saturated heterocycles. The molecule has 2 heterocycles. The van der Waals surface area contributed by atoms with Crippen molar-refractivity contribution in [3.63, 3.8) is 0 Å². The van der Waals surface area contributed by atoms with Gasteiger partial charge in [0.1, 0.15) is 5.75 Å². The highest BCUT2D eigenvalue weighted by molar-refractivity contribution is 9.10. The Hall–Kier alpha value is -3.75. The third-order valence-electron chi connectivity index (χ3n) is 6.57. The van der Waals surface area contributed by atoms with Gasteiger partial charge in [-0.15, -0.1) is 0 Å². The van der Waals surface area contributed by atoms with Crippen LogP contribution in [-0.2, 0) is 9.53 Å². The molecule has 39 heavy (non-hydrogen) atoms. The van der Waals surface area contributed by atoms with Crippen molar-refractivity contribution in [1.82, 2.24) is 4.57 Å². The first kappa shape index (κ1) is 26.8. The number of esters is 1. The molecule has 0 radical (unpaired) electrons. The molecule has 1 aliphatic rings. The number of hydrogen-bond donors (Lipinski definition) is 1. The van der Waals surface area contributed by atoms with Crippen LogP contribution in [0.1, 0.15) is 55.0 Å². The highest BCUT2D eigenvalue weighted by atomic mass is 79.9. The Bertz CT molecular complexity index is 1750. The van der Waals surface area contributed by atoms with Gasteiger partial charge in [0.2, 0.25) is 0 Å². The number of phenolic OH excluding ortho intramolecular Hbond substituents is 1. The molecule has 0 amide bonds. The molecule has 1 N–H and O–H groups in total. The number of aromatic nitrogens is 1. The normalized spacial score (nSPS) is 15.3. The van der Waals surface area contributed by atoms with Gasteiger partial charge in [-0.3, -0.25) is 9.36 Å². The number of carbonyl (C=O) groups excluding carboxylic acids is 1. The first-order chi connectivity index (χ1) is 18.8. The van der Waals surface area contributed by atoms with E-state index in [1.165, 1.54) is 11.3 Å². The fourth-order valence-electron chi connectivity index (χ4n) is 4.60. The quantitative estimate of drug-likeness (QED) is 0.294. The molecule has 1 atom stereocenters. The number of hydrogen-bond acceptors (Lipinski definition) is 6. The fraction of sp³-hybridized carbons (Fsp3) is 0.194. The Morgan fingerprint density at radius 1 is 1.13 bits per heavy atom. The lowest BCUT2D eigenvalue weighted by molar-refractivity contribution is -0.138. The molecule has 0 fully saturated rings. The minimum Gasteiger partial charge on any atom is -0.507 e. The van der Waals surface area contributed by atoms with Crippen molar-refractivity contribution in [2.45, 2.75) is 32.7 Å². The second-order valence-electron chi connectivity index (χ2n) is 9.46. The molecule has 4 aromatic rings. The monoisotopic (exact) mass is 602 g/mol. The van der Waals surface area contributed by atoms with Gasteiger partial charge in [-0.25, -0.2) is 9.79 Å². The molecule has 5 rings (SSSR count). The Kier molecular flexibility index (Phi) is 7.68. The Balaban J connectivity index is 1.83. The smallest absolute Gasteiger partial charge is 0.338 e. The molecule has 3 aromatic carbocycles. The number of carbonyl (C=O) groups is 1. The van der Waals surface area contributed by atoms with Gasteiger partial charge in [-0.2, -0.15) is 0 Å². The van der Waals surface area contributed by atoms with Crippen molar-refractivity contribution in [2.24, 2.45) is 4.99 Å². The van der Waals surface area contributed by atoms with E-state index < -0.39 is 12.0 Å². The summed E-state index contributed by atoms with van der Waals surface area (Å²) in [5, 5.41) is 10.4. The summed E-state index contributed by atoms with van der Waals surface area (Å²) in [6.45, 7) is 6.18. The van der Waals surface area contributed by atoms with Crippen molar-refractivity contribution in [1.29, 1.82) is 0 Å². The number of halogens is 1. The lowest BCUT2D eigenvalue weighted by atomic mass is 9.91. The SMILES string of the molecule is CCOC(=O)C1=C(c2ccccc2)N=c2s/c(=C\c3cc(Br)ccc3O)c(=O)n2[C@@H]1c1ccc(C(C)C)cc1. The van der Waals surface area contributed by atoms with E-state index in [4.69, 9.17) is 9.73 Å². The molecular formula is C31H27BrN2O4S. The van der Waals surface area contributed by atoms with Gasteiger partial charge in [0.25, 0.3) is 5.56 Å². The van der Waals surface area contributed by atoms with Crippen LogP contribution in [-0.4, -0.2) is 22.2 Å². The van der Waals surface area contributed by atoms with E-state index in [9.17, 15) is 14.7 Å². The van der Waals surface area contributed by atoms with Crippen LogP contribution in [0, 0.1) is 0 Å². The molecule has 0 unspecified atom stereocenters. The van der Waals surface area contributed by atoms with Crippen molar-refractivity contribution >= 4 is 45.0 Å². The minimum absolute atomic E-state index is 0.0575. The molecule has 6 nitrogen and oxygen atoms in total. The van der Waals surface area contributed by atoms with Crippen LogP contribution < -0.4 is 14.9 Å². The van der Waals surface area contributed by atoms with Crippen LogP contribution in [0.5, 0.6) is 5.75 Å². The number of fused-ring (bicyclic) bond motifs is 1. The summed E-state index contributed by atoms with van der Waals surface area (Å²) < 4.78 is 8.25. The van der Waals surface area contributed by atoms with Gasteiger partial charge >= 0.3 is 5.97 Å². The molecule has 1 aromatic heterocycles. The lowest BCUT2D eigenvalue weighted by Gasteiger charge is -2.26. The van der Waals surface area contributed by atoms with Gasteiger partial charge in [0.05, 0.1) is 28.5 Å². The molecule has 198 valence electrons. The van der Waals surface area contributed by atoms with Crippen LogP contribution in [0.3, 0.4) is 0 Å². The van der Waals surface area contributed by atoms with E-state index in [1.54, 1.807) is 35.8 Å².